The fourth-order valence-corrected chi connectivity index (χ4v) is 0.853. The lowest BCUT2D eigenvalue weighted by molar-refractivity contribution is 0.0944. The maximum Gasteiger partial charge on any atom is 0.508 e. The molecule has 1 fully saturated rings. The van der Waals surface area contributed by atoms with Gasteiger partial charge in [0.25, 0.3) is 0 Å². The SMILES string of the molecule is C#CCOCCC1COC(=O)O1. The Morgan fingerprint density at radius 2 is 2.58 bits per heavy atom. The van der Waals surface area contributed by atoms with Gasteiger partial charge in [0, 0.05) is 6.42 Å². The summed E-state index contributed by atoms with van der Waals surface area (Å²) in [5.41, 5.74) is 0. The molecule has 1 rings (SSSR count). The van der Waals surface area contributed by atoms with E-state index in [-0.39, 0.29) is 6.10 Å². The molecule has 0 spiro atoms. The van der Waals surface area contributed by atoms with Crippen molar-refractivity contribution >= 4 is 6.16 Å². The fourth-order valence-electron chi connectivity index (χ4n) is 0.853. The van der Waals surface area contributed by atoms with Crippen LogP contribution in [-0.4, -0.2) is 32.1 Å². The zero-order valence-corrected chi connectivity index (χ0v) is 6.62. The number of carbonyl (C=O) groups is 1. The standard InChI is InChI=1S/C8H10O4/c1-2-4-10-5-3-7-6-11-8(9)12-7/h1,7H,3-6H2. The largest absolute Gasteiger partial charge is 0.508 e. The average molecular weight is 170 g/mol. The van der Waals surface area contributed by atoms with Gasteiger partial charge in [0.1, 0.15) is 19.3 Å². The first-order valence-electron chi connectivity index (χ1n) is 3.67. The van der Waals surface area contributed by atoms with Gasteiger partial charge < -0.3 is 14.2 Å². The maximum atomic E-state index is 10.4. The van der Waals surface area contributed by atoms with Crippen molar-refractivity contribution < 1.29 is 19.0 Å². The van der Waals surface area contributed by atoms with Crippen molar-refractivity contribution in [3.8, 4) is 12.3 Å². The average Bonchev–Trinajstić information content (AvgIpc) is 2.45. The smallest absolute Gasteiger partial charge is 0.430 e. The Labute approximate surface area is 70.8 Å². The van der Waals surface area contributed by atoms with E-state index in [0.717, 1.165) is 0 Å². The summed E-state index contributed by atoms with van der Waals surface area (Å²) in [5.74, 6) is 2.34. The quantitative estimate of drug-likeness (QED) is 0.351. The molecule has 1 atom stereocenters. The number of rotatable bonds is 4. The third kappa shape index (κ3) is 2.81. The molecule has 4 nitrogen and oxygen atoms in total. The molecule has 1 unspecified atom stereocenters. The van der Waals surface area contributed by atoms with E-state index in [1.54, 1.807) is 0 Å². The first-order chi connectivity index (χ1) is 5.83. The second-order valence-electron chi connectivity index (χ2n) is 2.35. The van der Waals surface area contributed by atoms with Gasteiger partial charge in [-0.05, 0) is 0 Å². The topological polar surface area (TPSA) is 44.8 Å². The van der Waals surface area contributed by atoms with Gasteiger partial charge in [-0.1, -0.05) is 5.92 Å². The molecule has 1 aliphatic heterocycles. The van der Waals surface area contributed by atoms with Gasteiger partial charge in [-0.3, -0.25) is 0 Å². The van der Waals surface area contributed by atoms with Crippen LogP contribution in [0.2, 0.25) is 0 Å². The lowest BCUT2D eigenvalue weighted by Gasteiger charge is -2.04. The second-order valence-corrected chi connectivity index (χ2v) is 2.35. The third-order valence-electron chi connectivity index (χ3n) is 1.42. The molecule has 4 heteroatoms. The van der Waals surface area contributed by atoms with E-state index in [1.807, 2.05) is 0 Å². The van der Waals surface area contributed by atoms with Gasteiger partial charge in [-0.2, -0.15) is 0 Å². The molecule has 0 aromatic carbocycles. The van der Waals surface area contributed by atoms with Crippen LogP contribution in [0.5, 0.6) is 0 Å². The van der Waals surface area contributed by atoms with Crippen molar-refractivity contribution in [2.75, 3.05) is 19.8 Å². The molecule has 0 bridgehead atoms. The molecule has 1 heterocycles. The summed E-state index contributed by atoms with van der Waals surface area (Å²) >= 11 is 0. The Hall–Kier alpha value is -1.21. The highest BCUT2D eigenvalue weighted by Gasteiger charge is 2.24. The Balaban J connectivity index is 2.01. The number of hydrogen-bond acceptors (Lipinski definition) is 4. The van der Waals surface area contributed by atoms with Crippen molar-refractivity contribution in [2.45, 2.75) is 12.5 Å². The second kappa shape index (κ2) is 4.62. The molecule has 0 amide bonds. The van der Waals surface area contributed by atoms with Crippen LogP contribution in [0.15, 0.2) is 0 Å². The summed E-state index contributed by atoms with van der Waals surface area (Å²) in [7, 11) is 0. The zero-order valence-electron chi connectivity index (χ0n) is 6.62. The molecule has 0 radical (unpaired) electrons. The van der Waals surface area contributed by atoms with Gasteiger partial charge in [-0.25, -0.2) is 4.79 Å². The minimum atomic E-state index is -0.600. The molecule has 0 aromatic rings. The minimum absolute atomic E-state index is 0.171. The Bertz CT molecular complexity index is 194. The van der Waals surface area contributed by atoms with Gasteiger partial charge in [0.05, 0.1) is 6.61 Å². The van der Waals surface area contributed by atoms with E-state index in [1.165, 1.54) is 0 Å². The van der Waals surface area contributed by atoms with E-state index < -0.39 is 6.16 Å². The van der Waals surface area contributed by atoms with Crippen LogP contribution in [0.1, 0.15) is 6.42 Å². The van der Waals surface area contributed by atoms with E-state index in [2.05, 4.69) is 10.7 Å². The number of ether oxygens (including phenoxy) is 3. The summed E-state index contributed by atoms with van der Waals surface area (Å²) in [6.45, 7) is 1.10. The Morgan fingerprint density at radius 3 is 3.17 bits per heavy atom. The van der Waals surface area contributed by atoms with Crippen LogP contribution in [-0.2, 0) is 14.2 Å². The van der Waals surface area contributed by atoms with Crippen LogP contribution >= 0.6 is 0 Å². The number of cyclic esters (lactones) is 2. The zero-order chi connectivity index (χ0) is 8.81. The summed E-state index contributed by atoms with van der Waals surface area (Å²) < 4.78 is 14.3. The predicted octanol–water partition coefficient (Wildman–Crippen LogP) is 0.562. The van der Waals surface area contributed by atoms with Gasteiger partial charge in [-0.15, -0.1) is 6.42 Å². The first-order valence-corrected chi connectivity index (χ1v) is 3.67. The Kier molecular flexibility index (Phi) is 3.42. The molecule has 0 aliphatic carbocycles. The van der Waals surface area contributed by atoms with Crippen molar-refractivity contribution in [2.24, 2.45) is 0 Å². The van der Waals surface area contributed by atoms with Crippen LogP contribution in [0.4, 0.5) is 4.79 Å². The number of terminal acetylenes is 1. The van der Waals surface area contributed by atoms with Gasteiger partial charge in [0.2, 0.25) is 0 Å². The lowest BCUT2D eigenvalue weighted by Crippen LogP contribution is -2.13. The molecule has 66 valence electrons. The summed E-state index contributed by atoms with van der Waals surface area (Å²) in [4.78, 5) is 10.4. The third-order valence-corrected chi connectivity index (χ3v) is 1.42. The molecule has 0 aromatic heterocycles. The lowest BCUT2D eigenvalue weighted by atomic mass is 10.3. The minimum Gasteiger partial charge on any atom is -0.430 e. The number of hydrogen-bond donors (Lipinski definition) is 0. The molecular weight excluding hydrogens is 160 g/mol. The van der Waals surface area contributed by atoms with Crippen LogP contribution in [0.25, 0.3) is 0 Å². The van der Waals surface area contributed by atoms with Crippen molar-refractivity contribution in [3.63, 3.8) is 0 Å². The maximum absolute atomic E-state index is 10.4. The van der Waals surface area contributed by atoms with Gasteiger partial charge in [0.15, 0.2) is 0 Å². The molecule has 0 saturated carbocycles. The Morgan fingerprint density at radius 1 is 1.75 bits per heavy atom. The van der Waals surface area contributed by atoms with Crippen LogP contribution in [0.3, 0.4) is 0 Å². The summed E-state index contributed by atoms with van der Waals surface area (Å²) in [5, 5.41) is 0. The van der Waals surface area contributed by atoms with Crippen molar-refractivity contribution in [1.82, 2.24) is 0 Å². The van der Waals surface area contributed by atoms with E-state index in [4.69, 9.17) is 15.9 Å². The highest BCUT2D eigenvalue weighted by Crippen LogP contribution is 2.09. The highest BCUT2D eigenvalue weighted by atomic mass is 16.8. The first kappa shape index (κ1) is 8.88. The molecule has 12 heavy (non-hydrogen) atoms. The monoisotopic (exact) mass is 170 g/mol. The predicted molar refractivity (Wildman–Crippen MR) is 40.5 cm³/mol. The normalized spacial score (nSPS) is 21.2. The van der Waals surface area contributed by atoms with E-state index in [0.29, 0.717) is 26.2 Å². The number of carbonyl (C=O) groups excluding carboxylic acids is 1. The fraction of sp³-hybridized carbons (Fsp3) is 0.625. The molecule has 1 aliphatic rings. The van der Waals surface area contributed by atoms with Crippen LogP contribution < -0.4 is 0 Å². The van der Waals surface area contributed by atoms with Crippen molar-refractivity contribution in [1.29, 1.82) is 0 Å². The van der Waals surface area contributed by atoms with E-state index in [9.17, 15) is 4.79 Å². The van der Waals surface area contributed by atoms with Crippen LogP contribution in [0, 0.1) is 12.3 Å². The summed E-state index contributed by atoms with van der Waals surface area (Å²) in [6, 6.07) is 0. The molecule has 0 N–H and O–H groups in total. The van der Waals surface area contributed by atoms with Crippen molar-refractivity contribution in [3.05, 3.63) is 0 Å². The van der Waals surface area contributed by atoms with E-state index >= 15 is 0 Å². The van der Waals surface area contributed by atoms with Gasteiger partial charge >= 0.3 is 6.16 Å². The molecular formula is C8H10O4. The molecule has 1 saturated heterocycles. The highest BCUT2D eigenvalue weighted by molar-refractivity contribution is 5.61. The summed E-state index contributed by atoms with van der Waals surface area (Å²) in [6.07, 6.45) is 4.82.